The van der Waals surface area contributed by atoms with Crippen molar-refractivity contribution in [2.75, 3.05) is 45.9 Å². The fourth-order valence-electron chi connectivity index (χ4n) is 4.25. The van der Waals surface area contributed by atoms with E-state index < -0.39 is 6.64 Å². The molecule has 0 aliphatic rings. The number of hydrogen-bond acceptors (Lipinski definition) is 16. The van der Waals surface area contributed by atoms with E-state index in [1.54, 1.807) is 159 Å². The molecule has 0 saturated heterocycles. The van der Waals surface area contributed by atoms with Crippen LogP contribution in [-0.4, -0.2) is 103 Å². The summed E-state index contributed by atoms with van der Waals surface area (Å²) < 4.78 is 0. The number of rotatable bonds is 3. The van der Waals surface area contributed by atoms with Crippen molar-refractivity contribution in [3.63, 3.8) is 0 Å². The van der Waals surface area contributed by atoms with Gasteiger partial charge in [0.2, 0.25) is 0 Å². The second kappa shape index (κ2) is 30.5. The predicted octanol–water partition coefficient (Wildman–Crippen LogP) is 8.62. The molecule has 0 spiro atoms. The maximum atomic E-state index is 5.63. The number of pyridine rings is 8. The smallest absolute Gasteiger partial charge is 0 e. The average molecular weight is 1420 g/mol. The summed E-state index contributed by atoms with van der Waals surface area (Å²) in [7, 11) is 30.4. The molecule has 8 aromatic rings. The number of hydrogen-bond donors (Lipinski definition) is 8. The molecule has 0 aromatic carbocycles. The van der Waals surface area contributed by atoms with Gasteiger partial charge in [0.25, 0.3) is 0 Å². The summed E-state index contributed by atoms with van der Waals surface area (Å²) in [5.74, 6) is 0. The average Bonchev–Trinajstić information content (AvgIpc) is 3.25. The van der Waals surface area contributed by atoms with E-state index in [1.807, 2.05) is 0 Å². The second-order valence-electron chi connectivity index (χ2n) is 12.2. The van der Waals surface area contributed by atoms with Crippen molar-refractivity contribution in [3.8, 4) is 34.2 Å². The predicted molar refractivity (Wildman–Crippen MR) is 273 cm³/mol. The van der Waals surface area contributed by atoms with Gasteiger partial charge in [0.1, 0.15) is 0 Å². The first-order valence-corrected chi connectivity index (χ1v) is 53.4. The van der Waals surface area contributed by atoms with Gasteiger partial charge in [-0.3, -0.25) is 39.9 Å². The van der Waals surface area contributed by atoms with E-state index in [0.717, 1.165) is 45.5 Å². The first-order valence-electron chi connectivity index (χ1n) is 18.5. The Morgan fingerprint density at radius 1 is 0.288 bits per heavy atom. The van der Waals surface area contributed by atoms with Crippen LogP contribution in [0.4, 0.5) is 45.5 Å². The fraction of sp³-hybridized carbons (Fsp3) is 0. The van der Waals surface area contributed by atoms with Crippen molar-refractivity contribution in [2.45, 2.75) is 0 Å². The van der Waals surface area contributed by atoms with Gasteiger partial charge in [-0.05, 0) is 97.1 Å². The zero-order valence-corrected chi connectivity index (χ0v) is 51.0. The summed E-state index contributed by atoms with van der Waals surface area (Å²) in [4.78, 5) is 32.4. The second-order valence-corrected chi connectivity index (χ2v) is 67.2. The van der Waals surface area contributed by atoms with Crippen LogP contribution in [-0.2, 0) is 26.4 Å². The van der Waals surface area contributed by atoms with E-state index in [0.29, 0.717) is 34.1 Å². The number of halogens is 6. The van der Waals surface area contributed by atoms with Crippen LogP contribution in [0, 0.1) is 0 Å². The molecule has 0 fully saturated rings. The molecule has 8 aromatic heterocycles. The quantitative estimate of drug-likeness (QED) is 0.0768. The largest absolute Gasteiger partial charge is 0 e. The van der Waals surface area contributed by atoms with Gasteiger partial charge in [-0.15, -0.1) is 0 Å². The molecule has 0 aliphatic heterocycles. The molecule has 0 unspecified atom stereocenters. The number of nitrogens with two attached hydrogens (primary N) is 8. The van der Waals surface area contributed by atoms with Crippen LogP contribution >= 0.6 is 57.8 Å². The standard InChI is InChI=1S/3C10H10N4.2C5H6N2.6ClH.2K.2Os/c3*11-7-1-3-13-9(5-7)10-6-8(12)2-4-14-10;2*6-5-1-3-7-4-2-5;;;;;;;;;;/h3*1-6H,(H2,11,13)(H2,12,14);2*1-4H,(H2,6,7);6*1H;;;;/q;;;;;;;;;;;;;;+6/p-6. The van der Waals surface area contributed by atoms with Crippen LogP contribution in [0.15, 0.2) is 159 Å². The van der Waals surface area contributed by atoms with Crippen molar-refractivity contribution < 1.29 is 26.4 Å². The molecule has 16 nitrogen and oxygen atoms in total. The van der Waals surface area contributed by atoms with Crippen LogP contribution in [0.3, 0.4) is 0 Å². The summed E-state index contributed by atoms with van der Waals surface area (Å²) in [6.07, 6.45) is 16.5. The number of nitrogen functional groups attached to an aromatic ring is 8. The van der Waals surface area contributed by atoms with Crippen molar-refractivity contribution in [3.05, 3.63) is 159 Å². The minimum absolute atomic E-state index is 0. The molecule has 66 heavy (non-hydrogen) atoms. The first-order chi connectivity index (χ1) is 30.5. The third kappa shape index (κ3) is 31.1. The Bertz CT molecular complexity index is 2270. The molecule has 16 N–H and O–H groups in total. The van der Waals surface area contributed by atoms with Crippen molar-refractivity contribution in [1.82, 2.24) is 39.9 Å². The van der Waals surface area contributed by atoms with E-state index in [1.165, 1.54) is 63.2 Å². The Morgan fingerprint density at radius 3 is 0.530 bits per heavy atom. The summed E-state index contributed by atoms with van der Waals surface area (Å²) in [5, 5.41) is 0. The van der Waals surface area contributed by atoms with E-state index in [-0.39, 0.29) is 19.8 Å². The van der Waals surface area contributed by atoms with Crippen molar-refractivity contribution in [2.24, 2.45) is 0 Å². The van der Waals surface area contributed by atoms with Gasteiger partial charge in [0.15, 0.2) is 0 Å². The Kier molecular flexibility index (Phi) is 28.6. The van der Waals surface area contributed by atoms with Crippen LogP contribution in [0.5, 0.6) is 0 Å². The molecule has 26 heteroatoms. The Labute approximate surface area is 463 Å². The molecule has 0 saturated carbocycles. The zero-order valence-electron chi connectivity index (χ0n) is 35.2. The van der Waals surface area contributed by atoms with Crippen LogP contribution in [0.25, 0.3) is 34.2 Å². The van der Waals surface area contributed by atoms with E-state index >= 15 is 0 Å². The number of anilines is 8. The molecule has 0 aliphatic carbocycles. The van der Waals surface area contributed by atoms with Crippen molar-refractivity contribution in [1.29, 1.82) is 0 Å². The molecule has 8 heterocycles. The molecule has 8 rings (SSSR count). The SMILES string of the molecule is Nc1ccnc(-c2cc(N)ccn2)c1.Nc1ccnc(-c2cc(N)ccn2)c1.Nc1ccnc(-c2cc(N)ccn2)c1.Nc1ccncc1.Nc1ccncc1.[Cl][Os]([Cl])([Cl])([Cl])([Cl])[Cl].[K][K].[Os]. The van der Waals surface area contributed by atoms with Crippen LogP contribution in [0.1, 0.15) is 0 Å². The van der Waals surface area contributed by atoms with Gasteiger partial charge >= 0.3 is 128 Å². The van der Waals surface area contributed by atoms with E-state index in [4.69, 9.17) is 104 Å². The van der Waals surface area contributed by atoms with Gasteiger partial charge in [0.05, 0.1) is 34.2 Å². The number of aromatic nitrogens is 8. The Hall–Kier alpha value is -2.11. The molecular weight excluding hydrogens is 1380 g/mol. The monoisotopic (exact) mass is 1420 g/mol. The molecule has 0 amide bonds. The maximum Gasteiger partial charge on any atom is 0 e. The molecule has 0 atom stereocenters. The van der Waals surface area contributed by atoms with E-state index in [9.17, 15) is 0 Å². The molecular formula is C40H42Cl6K2N16Os2. The third-order valence-electron chi connectivity index (χ3n) is 6.90. The third-order valence-corrected chi connectivity index (χ3v) is 6.90. The topological polar surface area (TPSA) is 311 Å². The minimum atomic E-state index is -5.38. The number of nitrogens with zero attached hydrogens (tertiary/aromatic N) is 8. The fourth-order valence-corrected chi connectivity index (χ4v) is 4.25. The Balaban J connectivity index is 0.000000403. The van der Waals surface area contributed by atoms with E-state index in [2.05, 4.69) is 39.9 Å². The molecule has 0 radical (unpaired) electrons. The normalized spacial score (nSPS) is 10.8. The summed E-state index contributed by atoms with van der Waals surface area (Å²) >= 11 is 2.50. The molecule has 0 bridgehead atoms. The van der Waals surface area contributed by atoms with Gasteiger partial charge in [-0.2, -0.15) is 0 Å². The zero-order chi connectivity index (χ0) is 48.5. The van der Waals surface area contributed by atoms with Gasteiger partial charge < -0.3 is 45.9 Å². The summed E-state index contributed by atoms with van der Waals surface area (Å²) in [5.41, 5.74) is 54.4. The van der Waals surface area contributed by atoms with Crippen LogP contribution < -0.4 is 45.9 Å². The maximum absolute atomic E-state index is 5.63. The van der Waals surface area contributed by atoms with Crippen molar-refractivity contribution >= 4 is 166 Å². The summed E-state index contributed by atoms with van der Waals surface area (Å²) in [6.45, 7) is -5.38. The van der Waals surface area contributed by atoms with Gasteiger partial charge in [-0.25, -0.2) is 0 Å². The Morgan fingerprint density at radius 2 is 0.424 bits per heavy atom. The van der Waals surface area contributed by atoms with Crippen LogP contribution in [0.2, 0.25) is 0 Å². The molecule has 342 valence electrons. The summed E-state index contributed by atoms with van der Waals surface area (Å²) in [6, 6.07) is 28.0. The van der Waals surface area contributed by atoms with Gasteiger partial charge in [-0.1, -0.05) is 0 Å². The first kappa shape index (κ1) is 61.9. The van der Waals surface area contributed by atoms with Gasteiger partial charge in [0, 0.05) is 127 Å². The minimum Gasteiger partial charge on any atom is 0 e.